The molecular weight excluding hydrogens is 348 g/mol. The molecule has 138 valence electrons. The van der Waals surface area contributed by atoms with Crippen molar-refractivity contribution in [2.24, 2.45) is 7.05 Å². The molecule has 0 bridgehead atoms. The molecule has 4 aromatic rings. The summed E-state index contributed by atoms with van der Waals surface area (Å²) in [6.45, 7) is 1.22. The van der Waals surface area contributed by atoms with Crippen LogP contribution in [0, 0.1) is 0 Å². The van der Waals surface area contributed by atoms with Crippen LogP contribution < -0.4 is 0 Å². The number of hydrogen-bond acceptors (Lipinski definition) is 3. The maximum atomic E-state index is 13.2. The van der Waals surface area contributed by atoms with Gasteiger partial charge in [0.15, 0.2) is 0 Å². The largest absolute Gasteiger partial charge is 0.332 e. The summed E-state index contributed by atoms with van der Waals surface area (Å²) in [7, 11) is 1.98. The van der Waals surface area contributed by atoms with Gasteiger partial charge in [0.05, 0.1) is 23.4 Å². The van der Waals surface area contributed by atoms with Crippen LogP contribution in [0.2, 0.25) is 0 Å². The second-order valence-electron chi connectivity index (χ2n) is 7.12. The Morgan fingerprint density at radius 3 is 2.71 bits per heavy atom. The molecule has 0 radical (unpaired) electrons. The minimum atomic E-state index is 0.0381. The van der Waals surface area contributed by atoms with Gasteiger partial charge in [-0.25, -0.2) is 0 Å². The van der Waals surface area contributed by atoms with Gasteiger partial charge in [0.1, 0.15) is 0 Å². The van der Waals surface area contributed by atoms with E-state index >= 15 is 0 Å². The second-order valence-corrected chi connectivity index (χ2v) is 7.12. The highest BCUT2D eigenvalue weighted by molar-refractivity contribution is 6.06. The summed E-state index contributed by atoms with van der Waals surface area (Å²) in [4.78, 5) is 19.5. The summed E-state index contributed by atoms with van der Waals surface area (Å²) in [5, 5.41) is 5.62. The highest BCUT2D eigenvalue weighted by Gasteiger charge is 2.28. The normalized spacial score (nSPS) is 13.5. The summed E-state index contributed by atoms with van der Waals surface area (Å²) in [5.41, 5.74) is 6.09. The van der Waals surface area contributed by atoms with Crippen LogP contribution in [0.4, 0.5) is 0 Å². The van der Waals surface area contributed by atoms with E-state index in [-0.39, 0.29) is 5.91 Å². The molecular formula is C23H20N4O. The van der Waals surface area contributed by atoms with Crippen LogP contribution in [0.15, 0.2) is 66.9 Å². The van der Waals surface area contributed by atoms with Crippen molar-refractivity contribution in [2.45, 2.75) is 13.0 Å². The zero-order valence-electron chi connectivity index (χ0n) is 15.7. The number of amides is 1. The first-order chi connectivity index (χ1) is 13.7. The van der Waals surface area contributed by atoms with E-state index in [0.717, 1.165) is 28.7 Å². The third-order valence-corrected chi connectivity index (χ3v) is 5.41. The molecule has 1 amide bonds. The van der Waals surface area contributed by atoms with Crippen molar-refractivity contribution in [1.82, 2.24) is 19.7 Å². The Hall–Kier alpha value is -3.47. The second kappa shape index (κ2) is 6.60. The molecule has 5 rings (SSSR count). The van der Waals surface area contributed by atoms with Crippen LogP contribution in [0.5, 0.6) is 0 Å². The fourth-order valence-corrected chi connectivity index (χ4v) is 4.11. The number of carbonyl (C=O) groups is 1. The Labute approximate surface area is 163 Å². The first-order valence-electron chi connectivity index (χ1n) is 9.45. The van der Waals surface area contributed by atoms with Crippen LogP contribution in [0.1, 0.15) is 21.6 Å². The van der Waals surface area contributed by atoms with Crippen molar-refractivity contribution in [3.63, 3.8) is 0 Å². The lowest BCUT2D eigenvalue weighted by Crippen LogP contribution is -2.36. The molecule has 2 aromatic heterocycles. The van der Waals surface area contributed by atoms with E-state index < -0.39 is 0 Å². The maximum Gasteiger partial charge on any atom is 0.254 e. The zero-order valence-corrected chi connectivity index (χ0v) is 15.7. The molecule has 28 heavy (non-hydrogen) atoms. The van der Waals surface area contributed by atoms with Gasteiger partial charge in [-0.05, 0) is 24.6 Å². The molecule has 0 spiro atoms. The number of aromatic nitrogens is 3. The number of aryl methyl sites for hydroxylation is 1. The molecule has 1 aliphatic heterocycles. The lowest BCUT2D eigenvalue weighted by atomic mass is 9.99. The van der Waals surface area contributed by atoms with Crippen LogP contribution >= 0.6 is 0 Å². The van der Waals surface area contributed by atoms with Gasteiger partial charge >= 0.3 is 0 Å². The molecule has 0 saturated carbocycles. The standard InChI is InChI=1S/C23H20N4O/c1-26-22(16-7-3-2-4-8-16)19-12-14-27(15-21(19)25-26)23(28)18-9-5-11-20-17(18)10-6-13-24-20/h2-11,13H,12,14-15H2,1H3. The lowest BCUT2D eigenvalue weighted by molar-refractivity contribution is 0.0734. The Bertz CT molecular complexity index is 1170. The third-order valence-electron chi connectivity index (χ3n) is 5.41. The van der Waals surface area contributed by atoms with E-state index in [4.69, 9.17) is 5.10 Å². The van der Waals surface area contributed by atoms with Crippen molar-refractivity contribution in [1.29, 1.82) is 0 Å². The maximum absolute atomic E-state index is 13.2. The topological polar surface area (TPSA) is 51.0 Å². The van der Waals surface area contributed by atoms with Gasteiger partial charge in [0.2, 0.25) is 0 Å². The number of fused-ring (bicyclic) bond motifs is 2. The molecule has 3 heterocycles. The highest BCUT2D eigenvalue weighted by atomic mass is 16.2. The van der Waals surface area contributed by atoms with E-state index in [1.165, 1.54) is 11.1 Å². The van der Waals surface area contributed by atoms with E-state index in [0.29, 0.717) is 18.7 Å². The summed E-state index contributed by atoms with van der Waals surface area (Å²) >= 11 is 0. The SMILES string of the molecule is Cn1nc2c(c1-c1ccccc1)CCN(C(=O)c1cccc3ncccc13)C2. The summed E-state index contributed by atoms with van der Waals surface area (Å²) in [6, 6.07) is 19.9. The van der Waals surface area contributed by atoms with Crippen LogP contribution in [-0.2, 0) is 20.0 Å². The Balaban J connectivity index is 1.49. The van der Waals surface area contributed by atoms with Crippen molar-refractivity contribution >= 4 is 16.8 Å². The Morgan fingerprint density at radius 1 is 1.00 bits per heavy atom. The van der Waals surface area contributed by atoms with E-state index in [9.17, 15) is 4.79 Å². The smallest absolute Gasteiger partial charge is 0.254 e. The first kappa shape index (κ1) is 16.7. The molecule has 0 N–H and O–H groups in total. The summed E-state index contributed by atoms with van der Waals surface area (Å²) in [6.07, 6.45) is 2.56. The van der Waals surface area contributed by atoms with Gasteiger partial charge in [-0.3, -0.25) is 14.5 Å². The van der Waals surface area contributed by atoms with E-state index in [1.54, 1.807) is 6.20 Å². The summed E-state index contributed by atoms with van der Waals surface area (Å²) < 4.78 is 1.94. The molecule has 0 atom stereocenters. The number of rotatable bonds is 2. The molecule has 5 nitrogen and oxygen atoms in total. The summed E-state index contributed by atoms with van der Waals surface area (Å²) in [5.74, 6) is 0.0381. The van der Waals surface area contributed by atoms with Gasteiger partial charge in [0, 0.05) is 41.9 Å². The molecule has 0 aliphatic carbocycles. The monoisotopic (exact) mass is 368 g/mol. The quantitative estimate of drug-likeness (QED) is 0.540. The molecule has 1 aliphatic rings. The number of pyridine rings is 1. The average molecular weight is 368 g/mol. The van der Waals surface area contributed by atoms with Gasteiger partial charge < -0.3 is 4.90 Å². The fourth-order valence-electron chi connectivity index (χ4n) is 4.11. The molecule has 2 aromatic carbocycles. The fraction of sp³-hybridized carbons (Fsp3) is 0.174. The highest BCUT2D eigenvalue weighted by Crippen LogP contribution is 2.30. The van der Waals surface area contributed by atoms with Crippen molar-refractivity contribution in [2.75, 3.05) is 6.54 Å². The predicted molar refractivity (Wildman–Crippen MR) is 109 cm³/mol. The van der Waals surface area contributed by atoms with Gasteiger partial charge in [-0.2, -0.15) is 5.10 Å². The average Bonchev–Trinajstić information content (AvgIpc) is 3.08. The van der Waals surface area contributed by atoms with Crippen LogP contribution in [-0.4, -0.2) is 32.1 Å². The lowest BCUT2D eigenvalue weighted by Gasteiger charge is -2.27. The minimum Gasteiger partial charge on any atom is -0.332 e. The Kier molecular flexibility index (Phi) is 3.93. The van der Waals surface area contributed by atoms with Crippen molar-refractivity contribution in [3.05, 3.63) is 83.7 Å². The number of carbonyl (C=O) groups excluding carboxylic acids is 1. The van der Waals surface area contributed by atoms with Gasteiger partial charge in [-0.1, -0.05) is 42.5 Å². The zero-order chi connectivity index (χ0) is 19.1. The van der Waals surface area contributed by atoms with Crippen LogP contribution in [0.3, 0.4) is 0 Å². The van der Waals surface area contributed by atoms with Crippen molar-refractivity contribution in [3.8, 4) is 11.3 Å². The number of hydrogen-bond donors (Lipinski definition) is 0. The van der Waals surface area contributed by atoms with E-state index in [1.807, 2.05) is 65.2 Å². The Morgan fingerprint density at radius 2 is 1.86 bits per heavy atom. The number of nitrogens with zero attached hydrogens (tertiary/aromatic N) is 4. The van der Waals surface area contributed by atoms with Gasteiger partial charge in [-0.15, -0.1) is 0 Å². The van der Waals surface area contributed by atoms with Crippen molar-refractivity contribution < 1.29 is 4.79 Å². The third kappa shape index (κ3) is 2.67. The minimum absolute atomic E-state index is 0.0381. The molecule has 0 fully saturated rings. The number of benzene rings is 2. The predicted octanol–water partition coefficient (Wildman–Crippen LogP) is 3.83. The molecule has 5 heteroatoms. The molecule has 0 unspecified atom stereocenters. The van der Waals surface area contributed by atoms with E-state index in [2.05, 4.69) is 17.1 Å². The van der Waals surface area contributed by atoms with Crippen LogP contribution in [0.25, 0.3) is 22.2 Å². The van der Waals surface area contributed by atoms with Gasteiger partial charge in [0.25, 0.3) is 5.91 Å². The first-order valence-corrected chi connectivity index (χ1v) is 9.45. The molecule has 0 saturated heterocycles.